The molecule has 10 rings (SSSR count). The predicted molar refractivity (Wildman–Crippen MR) is 266 cm³/mol. The molecule has 2 aliphatic carbocycles. The van der Waals surface area contributed by atoms with Crippen molar-refractivity contribution in [1.29, 1.82) is 0 Å². The number of hydrogen-bond acceptors (Lipinski definition) is 0. The highest BCUT2D eigenvalue weighted by molar-refractivity contribution is 5.90. The Hall–Kier alpha value is -6.24. The molecular weight excluding hydrogens is 745 g/mol. The van der Waals surface area contributed by atoms with Gasteiger partial charge in [0.1, 0.15) is 0 Å². The first-order chi connectivity index (χ1) is 29.5. The van der Waals surface area contributed by atoms with Crippen LogP contribution in [0.25, 0.3) is 77.9 Å². The van der Waals surface area contributed by atoms with Crippen LogP contribution in [-0.4, -0.2) is 0 Å². The van der Waals surface area contributed by atoms with Gasteiger partial charge in [-0.15, -0.1) is 0 Å². The van der Waals surface area contributed by atoms with Gasteiger partial charge in [0.05, 0.1) is 0 Å². The fraction of sp³-hybridized carbons (Fsp3) is 0.226. The molecule has 2 aliphatic rings. The minimum Gasteiger partial charge on any atom is -0.0622 e. The van der Waals surface area contributed by atoms with Crippen LogP contribution in [0.1, 0.15) is 103 Å². The quantitative estimate of drug-likeness (QED) is 0.163. The Bertz CT molecular complexity index is 2840. The van der Waals surface area contributed by atoms with Crippen LogP contribution in [0.4, 0.5) is 0 Å². The van der Waals surface area contributed by atoms with Crippen molar-refractivity contribution in [3.05, 3.63) is 203 Å². The molecule has 0 aromatic heterocycles. The first kappa shape index (κ1) is 39.9. The van der Waals surface area contributed by atoms with E-state index in [9.17, 15) is 0 Å². The Balaban J connectivity index is 1.12. The number of rotatable bonds is 5. The van der Waals surface area contributed by atoms with Gasteiger partial charge in [0.15, 0.2) is 0 Å². The van der Waals surface area contributed by atoms with Crippen molar-refractivity contribution in [1.82, 2.24) is 0 Å². The summed E-state index contributed by atoms with van der Waals surface area (Å²) in [6.45, 7) is 23.5. The Morgan fingerprint density at radius 1 is 0.258 bits per heavy atom. The SMILES string of the molecule is CC(C)(C)c1ccc2c(c1)C(C)(C)c1cc(-c3cc(-c4ccccc4)cc(-c4cc(-c5ccccc5)cc(-c5ccc6c(c5)C(C)(C)c5cc(C(C)(C)C)ccc5-6)c4)c3)ccc1-2. The summed E-state index contributed by atoms with van der Waals surface area (Å²) in [5, 5.41) is 0. The highest BCUT2D eigenvalue weighted by atomic mass is 14.4. The van der Waals surface area contributed by atoms with Crippen molar-refractivity contribution in [3.63, 3.8) is 0 Å². The summed E-state index contributed by atoms with van der Waals surface area (Å²) in [4.78, 5) is 0. The van der Waals surface area contributed by atoms with Gasteiger partial charge in [-0.2, -0.15) is 0 Å². The Kier molecular flexibility index (Phi) is 9.10. The number of fused-ring (bicyclic) bond motifs is 6. The largest absolute Gasteiger partial charge is 0.0622 e. The van der Waals surface area contributed by atoms with Gasteiger partial charge >= 0.3 is 0 Å². The van der Waals surface area contributed by atoms with Crippen LogP contribution in [-0.2, 0) is 21.7 Å². The van der Waals surface area contributed by atoms with Crippen molar-refractivity contribution in [2.75, 3.05) is 0 Å². The summed E-state index contributed by atoms with van der Waals surface area (Å²) < 4.78 is 0. The smallest absolute Gasteiger partial charge is 0.0159 e. The van der Waals surface area contributed by atoms with Crippen LogP contribution < -0.4 is 0 Å². The molecule has 62 heavy (non-hydrogen) atoms. The third-order valence-corrected chi connectivity index (χ3v) is 14.2. The zero-order valence-electron chi connectivity index (χ0n) is 38.2. The first-order valence-electron chi connectivity index (χ1n) is 22.5. The summed E-state index contributed by atoms with van der Waals surface area (Å²) in [6, 6.07) is 64.8. The van der Waals surface area contributed by atoms with E-state index in [4.69, 9.17) is 0 Å². The predicted octanol–water partition coefficient (Wildman–Crippen LogP) is 17.2. The first-order valence-corrected chi connectivity index (χ1v) is 22.5. The van der Waals surface area contributed by atoms with E-state index >= 15 is 0 Å². The van der Waals surface area contributed by atoms with Gasteiger partial charge in [0.25, 0.3) is 0 Å². The Morgan fingerprint density at radius 2 is 0.532 bits per heavy atom. The van der Waals surface area contributed by atoms with Crippen molar-refractivity contribution < 1.29 is 0 Å². The molecule has 0 bridgehead atoms. The van der Waals surface area contributed by atoms with Crippen molar-refractivity contribution in [3.8, 4) is 77.9 Å². The van der Waals surface area contributed by atoms with Crippen molar-refractivity contribution in [2.24, 2.45) is 0 Å². The topological polar surface area (TPSA) is 0 Å². The molecule has 0 spiro atoms. The van der Waals surface area contributed by atoms with E-state index in [0.29, 0.717) is 0 Å². The molecule has 0 amide bonds. The monoisotopic (exact) mass is 802 g/mol. The van der Waals surface area contributed by atoms with E-state index in [1.54, 1.807) is 0 Å². The lowest BCUT2D eigenvalue weighted by molar-refractivity contribution is 0.584. The van der Waals surface area contributed by atoms with Gasteiger partial charge in [0.2, 0.25) is 0 Å². The van der Waals surface area contributed by atoms with Crippen molar-refractivity contribution in [2.45, 2.75) is 90.9 Å². The lowest BCUT2D eigenvalue weighted by atomic mass is 9.78. The molecule has 0 heteroatoms. The summed E-state index contributed by atoms with van der Waals surface area (Å²) in [5.41, 5.74) is 26.0. The molecule has 0 aliphatic heterocycles. The maximum atomic E-state index is 2.47. The van der Waals surface area contributed by atoms with Gasteiger partial charge in [-0.05, 0) is 171 Å². The van der Waals surface area contributed by atoms with Crippen LogP contribution in [0, 0.1) is 0 Å². The standard InChI is InChI=1S/C62H58/c1-59(2,3)49-23-27-53-51-25-21-41(35-55(51)61(7,8)57(53)37-49)45-29-43(39-17-13-11-14-18-39)31-47(33-45)48-32-44(40-19-15-12-16-20-40)30-46(34-48)42-22-26-52-54-28-24-50(60(4,5)6)38-58(54)62(9,10)56(52)36-42/h11-38H,1-10H3. The molecule has 0 saturated carbocycles. The fourth-order valence-electron chi connectivity index (χ4n) is 10.3. The van der Waals surface area contributed by atoms with Crippen LogP contribution in [0.2, 0.25) is 0 Å². The molecule has 0 saturated heterocycles. The second-order valence-electron chi connectivity index (χ2n) is 21.1. The summed E-state index contributed by atoms with van der Waals surface area (Å²) in [7, 11) is 0. The van der Waals surface area contributed by atoms with E-state index in [2.05, 4.69) is 239 Å². The van der Waals surface area contributed by atoms with Crippen molar-refractivity contribution >= 4 is 0 Å². The van der Waals surface area contributed by atoms with Gasteiger partial charge in [-0.25, -0.2) is 0 Å². The third-order valence-electron chi connectivity index (χ3n) is 14.2. The minimum absolute atomic E-state index is 0.0937. The van der Waals surface area contributed by atoms with E-state index < -0.39 is 0 Å². The molecule has 0 fully saturated rings. The normalized spacial score (nSPS) is 14.5. The van der Waals surface area contributed by atoms with Gasteiger partial charge in [-0.3, -0.25) is 0 Å². The zero-order valence-corrected chi connectivity index (χ0v) is 38.2. The van der Waals surface area contributed by atoms with Crippen LogP contribution in [0.5, 0.6) is 0 Å². The molecule has 8 aromatic rings. The summed E-state index contributed by atoms with van der Waals surface area (Å²) >= 11 is 0. The van der Waals surface area contributed by atoms with E-state index in [1.165, 1.54) is 111 Å². The number of benzene rings is 8. The zero-order chi connectivity index (χ0) is 43.3. The van der Waals surface area contributed by atoms with Crippen LogP contribution in [0.15, 0.2) is 170 Å². The second-order valence-corrected chi connectivity index (χ2v) is 21.1. The molecule has 8 aromatic carbocycles. The molecule has 0 radical (unpaired) electrons. The van der Waals surface area contributed by atoms with E-state index in [-0.39, 0.29) is 21.7 Å². The minimum atomic E-state index is -0.110. The molecule has 0 heterocycles. The molecule has 0 nitrogen and oxygen atoms in total. The van der Waals surface area contributed by atoms with E-state index in [0.717, 1.165) is 0 Å². The average molecular weight is 803 g/mol. The molecular formula is C62H58. The lowest BCUT2D eigenvalue weighted by Gasteiger charge is -2.25. The average Bonchev–Trinajstić information content (AvgIpc) is 3.64. The van der Waals surface area contributed by atoms with Gasteiger partial charge in [0, 0.05) is 10.8 Å². The highest BCUT2D eigenvalue weighted by Gasteiger charge is 2.38. The highest BCUT2D eigenvalue weighted by Crippen LogP contribution is 2.53. The molecule has 0 unspecified atom stereocenters. The van der Waals surface area contributed by atoms with Gasteiger partial charge < -0.3 is 0 Å². The lowest BCUT2D eigenvalue weighted by Crippen LogP contribution is -2.17. The Morgan fingerprint density at radius 3 is 0.855 bits per heavy atom. The third kappa shape index (κ3) is 6.67. The molecule has 0 atom stereocenters. The fourth-order valence-corrected chi connectivity index (χ4v) is 10.3. The number of hydrogen-bond donors (Lipinski definition) is 0. The van der Waals surface area contributed by atoms with E-state index in [1.807, 2.05) is 0 Å². The van der Waals surface area contributed by atoms with Crippen LogP contribution >= 0.6 is 0 Å². The Labute approximate surface area is 370 Å². The van der Waals surface area contributed by atoms with Crippen LogP contribution in [0.3, 0.4) is 0 Å². The molecule has 0 N–H and O–H groups in total. The van der Waals surface area contributed by atoms with Gasteiger partial charge in [-0.1, -0.05) is 191 Å². The molecule has 306 valence electrons. The summed E-state index contributed by atoms with van der Waals surface area (Å²) in [6.07, 6.45) is 0. The summed E-state index contributed by atoms with van der Waals surface area (Å²) in [5.74, 6) is 0. The second kappa shape index (κ2) is 14.1. The maximum Gasteiger partial charge on any atom is 0.0159 e. The maximum absolute atomic E-state index is 2.47.